The van der Waals surface area contributed by atoms with Crippen LogP contribution in [0.25, 0.3) is 0 Å². The number of nitrogens with one attached hydrogen (secondary N) is 1. The lowest BCUT2D eigenvalue weighted by Crippen LogP contribution is -2.52. The van der Waals surface area contributed by atoms with Crippen LogP contribution in [0.2, 0.25) is 0 Å². The predicted octanol–water partition coefficient (Wildman–Crippen LogP) is 1.44. The first-order chi connectivity index (χ1) is 6.53. The lowest BCUT2D eigenvalue weighted by atomic mass is 9.81. The van der Waals surface area contributed by atoms with Gasteiger partial charge in [0.2, 0.25) is 5.91 Å². The fraction of sp³-hybridized carbons (Fsp3) is 0.727. The highest BCUT2D eigenvalue weighted by atomic mass is 16.1. The third-order valence-corrected chi connectivity index (χ3v) is 3.01. The minimum atomic E-state index is -0.214. The molecule has 0 aliphatic rings. The van der Waals surface area contributed by atoms with E-state index in [1.54, 1.807) is 0 Å². The Hall–Kier alpha value is -0.830. The SMILES string of the molecule is C=CC(=O)NC(C)(CC)C(CC)CN. The average Bonchev–Trinajstić information content (AvgIpc) is 2.19. The Kier molecular flexibility index (Phi) is 5.46. The van der Waals surface area contributed by atoms with Gasteiger partial charge in [0.25, 0.3) is 0 Å². The van der Waals surface area contributed by atoms with E-state index < -0.39 is 0 Å². The van der Waals surface area contributed by atoms with Crippen LogP contribution in [0.1, 0.15) is 33.6 Å². The molecule has 0 aromatic heterocycles. The van der Waals surface area contributed by atoms with Gasteiger partial charge in [0, 0.05) is 5.54 Å². The molecule has 0 rings (SSSR count). The zero-order chi connectivity index (χ0) is 11.2. The van der Waals surface area contributed by atoms with Gasteiger partial charge in [0.1, 0.15) is 0 Å². The maximum absolute atomic E-state index is 11.3. The largest absolute Gasteiger partial charge is 0.347 e. The van der Waals surface area contributed by atoms with Crippen LogP contribution < -0.4 is 11.1 Å². The van der Waals surface area contributed by atoms with Crippen molar-refractivity contribution in [1.82, 2.24) is 5.32 Å². The van der Waals surface area contributed by atoms with E-state index in [0.29, 0.717) is 12.5 Å². The first-order valence-corrected chi connectivity index (χ1v) is 5.18. The summed E-state index contributed by atoms with van der Waals surface area (Å²) in [7, 11) is 0. The fourth-order valence-electron chi connectivity index (χ4n) is 1.69. The molecule has 0 heterocycles. The third-order valence-electron chi connectivity index (χ3n) is 3.01. The molecular weight excluding hydrogens is 176 g/mol. The van der Waals surface area contributed by atoms with Gasteiger partial charge in [-0.15, -0.1) is 0 Å². The summed E-state index contributed by atoms with van der Waals surface area (Å²) in [6.07, 6.45) is 3.15. The lowest BCUT2D eigenvalue weighted by Gasteiger charge is -2.36. The van der Waals surface area contributed by atoms with E-state index in [1.165, 1.54) is 6.08 Å². The van der Waals surface area contributed by atoms with Gasteiger partial charge in [-0.05, 0) is 38.3 Å². The molecule has 2 atom stereocenters. The van der Waals surface area contributed by atoms with E-state index >= 15 is 0 Å². The summed E-state index contributed by atoms with van der Waals surface area (Å²) in [5, 5.41) is 2.96. The number of rotatable bonds is 6. The topological polar surface area (TPSA) is 55.1 Å². The number of hydrogen-bond acceptors (Lipinski definition) is 2. The highest BCUT2D eigenvalue weighted by Crippen LogP contribution is 2.23. The minimum absolute atomic E-state index is 0.124. The number of nitrogens with two attached hydrogens (primary N) is 1. The molecule has 2 unspecified atom stereocenters. The van der Waals surface area contributed by atoms with Gasteiger partial charge in [-0.25, -0.2) is 0 Å². The monoisotopic (exact) mass is 198 g/mol. The Morgan fingerprint density at radius 2 is 2.21 bits per heavy atom. The van der Waals surface area contributed by atoms with E-state index in [-0.39, 0.29) is 11.4 Å². The summed E-state index contributed by atoms with van der Waals surface area (Å²) < 4.78 is 0. The summed E-state index contributed by atoms with van der Waals surface area (Å²) >= 11 is 0. The number of hydrogen-bond donors (Lipinski definition) is 2. The highest BCUT2D eigenvalue weighted by molar-refractivity contribution is 5.87. The van der Waals surface area contributed by atoms with Crippen LogP contribution in [0.4, 0.5) is 0 Å². The molecule has 3 nitrogen and oxygen atoms in total. The van der Waals surface area contributed by atoms with Crippen LogP contribution in [0.5, 0.6) is 0 Å². The molecule has 0 aromatic rings. The molecule has 0 aliphatic heterocycles. The van der Waals surface area contributed by atoms with Crippen molar-refractivity contribution in [1.29, 1.82) is 0 Å². The van der Waals surface area contributed by atoms with E-state index in [1.807, 2.05) is 6.92 Å². The smallest absolute Gasteiger partial charge is 0.243 e. The van der Waals surface area contributed by atoms with E-state index in [9.17, 15) is 4.79 Å². The van der Waals surface area contributed by atoms with Crippen molar-refractivity contribution < 1.29 is 4.79 Å². The molecule has 0 spiro atoms. The second-order valence-electron chi connectivity index (χ2n) is 3.81. The molecule has 0 saturated heterocycles. The highest BCUT2D eigenvalue weighted by Gasteiger charge is 2.31. The van der Waals surface area contributed by atoms with Gasteiger partial charge in [0.05, 0.1) is 0 Å². The Labute approximate surface area is 86.8 Å². The number of carbonyl (C=O) groups excluding carboxylic acids is 1. The summed E-state index contributed by atoms with van der Waals surface area (Å²) in [5.74, 6) is 0.192. The van der Waals surface area contributed by atoms with Crippen LogP contribution >= 0.6 is 0 Å². The van der Waals surface area contributed by atoms with Crippen LogP contribution in [-0.2, 0) is 4.79 Å². The molecule has 3 heteroatoms. The molecule has 0 fully saturated rings. The van der Waals surface area contributed by atoms with Crippen molar-refractivity contribution >= 4 is 5.91 Å². The zero-order valence-electron chi connectivity index (χ0n) is 9.47. The van der Waals surface area contributed by atoms with Crippen LogP contribution in [0, 0.1) is 5.92 Å². The molecule has 0 aromatic carbocycles. The lowest BCUT2D eigenvalue weighted by molar-refractivity contribution is -0.118. The van der Waals surface area contributed by atoms with Crippen LogP contribution in [0.3, 0.4) is 0 Å². The molecule has 0 radical (unpaired) electrons. The van der Waals surface area contributed by atoms with E-state index in [0.717, 1.165) is 12.8 Å². The average molecular weight is 198 g/mol. The van der Waals surface area contributed by atoms with Crippen LogP contribution in [-0.4, -0.2) is 18.0 Å². The van der Waals surface area contributed by atoms with Crippen molar-refractivity contribution in [2.24, 2.45) is 11.7 Å². The second kappa shape index (κ2) is 5.81. The first kappa shape index (κ1) is 13.2. The predicted molar refractivity (Wildman–Crippen MR) is 59.9 cm³/mol. The summed E-state index contributed by atoms with van der Waals surface area (Å²) in [4.78, 5) is 11.3. The van der Waals surface area contributed by atoms with E-state index in [4.69, 9.17) is 5.73 Å². The first-order valence-electron chi connectivity index (χ1n) is 5.18. The summed E-state index contributed by atoms with van der Waals surface area (Å²) in [5.41, 5.74) is 5.47. The van der Waals surface area contributed by atoms with Gasteiger partial charge >= 0.3 is 0 Å². The van der Waals surface area contributed by atoms with Gasteiger partial charge in [-0.3, -0.25) is 4.79 Å². The molecule has 14 heavy (non-hydrogen) atoms. The van der Waals surface area contributed by atoms with Crippen molar-refractivity contribution in [2.75, 3.05) is 6.54 Å². The standard InChI is InChI=1S/C11H22N2O/c1-5-9(8-12)11(4,7-3)13-10(14)6-2/h6,9H,2,5,7-8,12H2,1,3-4H3,(H,13,14). The van der Waals surface area contributed by atoms with E-state index in [2.05, 4.69) is 25.7 Å². The fourth-order valence-corrected chi connectivity index (χ4v) is 1.69. The maximum Gasteiger partial charge on any atom is 0.243 e. The molecule has 1 amide bonds. The van der Waals surface area contributed by atoms with Crippen molar-refractivity contribution in [3.8, 4) is 0 Å². The van der Waals surface area contributed by atoms with Gasteiger partial charge in [-0.1, -0.05) is 20.4 Å². The van der Waals surface area contributed by atoms with Crippen molar-refractivity contribution in [3.63, 3.8) is 0 Å². The van der Waals surface area contributed by atoms with Crippen LogP contribution in [0.15, 0.2) is 12.7 Å². The quantitative estimate of drug-likeness (QED) is 0.635. The molecule has 82 valence electrons. The molecule has 0 bridgehead atoms. The van der Waals surface area contributed by atoms with Crippen molar-refractivity contribution in [2.45, 2.75) is 39.2 Å². The second-order valence-corrected chi connectivity index (χ2v) is 3.81. The summed E-state index contributed by atoms with van der Waals surface area (Å²) in [6.45, 7) is 10.2. The Morgan fingerprint density at radius 3 is 2.50 bits per heavy atom. The van der Waals surface area contributed by atoms with Crippen molar-refractivity contribution in [3.05, 3.63) is 12.7 Å². The Bertz CT molecular complexity index is 199. The van der Waals surface area contributed by atoms with Gasteiger partial charge in [-0.2, -0.15) is 0 Å². The van der Waals surface area contributed by atoms with Gasteiger partial charge in [0.15, 0.2) is 0 Å². The third kappa shape index (κ3) is 3.14. The molecule has 3 N–H and O–H groups in total. The molecule has 0 aliphatic carbocycles. The summed E-state index contributed by atoms with van der Waals surface area (Å²) in [6, 6.07) is 0. The Balaban J connectivity index is 4.58. The normalized spacial score (nSPS) is 16.9. The molecule has 0 saturated carbocycles. The Morgan fingerprint density at radius 1 is 1.64 bits per heavy atom. The minimum Gasteiger partial charge on any atom is -0.347 e. The van der Waals surface area contributed by atoms with Gasteiger partial charge < -0.3 is 11.1 Å². The number of carbonyl (C=O) groups is 1. The zero-order valence-corrected chi connectivity index (χ0v) is 9.47. The molecular formula is C11H22N2O. The maximum atomic E-state index is 11.3. The number of amides is 1.